The number of anilines is 1. The third kappa shape index (κ3) is 2.69. The summed E-state index contributed by atoms with van der Waals surface area (Å²) >= 11 is 1.72. The van der Waals surface area contributed by atoms with Crippen molar-refractivity contribution in [2.45, 2.75) is 58.7 Å². The van der Waals surface area contributed by atoms with E-state index >= 15 is 0 Å². The van der Waals surface area contributed by atoms with Crippen molar-refractivity contribution in [2.75, 3.05) is 11.4 Å². The molecule has 0 aromatic carbocycles. The fourth-order valence-electron chi connectivity index (χ4n) is 2.59. The van der Waals surface area contributed by atoms with Gasteiger partial charge in [-0.3, -0.25) is 4.40 Å². The normalized spacial score (nSPS) is 15.4. The Hall–Kier alpha value is -1.07. The van der Waals surface area contributed by atoms with E-state index in [1.807, 2.05) is 0 Å². The van der Waals surface area contributed by atoms with Gasteiger partial charge in [0.05, 0.1) is 5.69 Å². The van der Waals surface area contributed by atoms with Crippen LogP contribution in [0.5, 0.6) is 0 Å². The molecule has 110 valence electrons. The molecule has 0 unspecified atom stereocenters. The molecule has 3 rings (SSSR count). The summed E-state index contributed by atoms with van der Waals surface area (Å²) < 4.78 is 2.25. The fourth-order valence-corrected chi connectivity index (χ4v) is 3.32. The Labute approximate surface area is 124 Å². The van der Waals surface area contributed by atoms with Gasteiger partial charge in [-0.15, -0.1) is 11.3 Å². The highest BCUT2D eigenvalue weighted by molar-refractivity contribution is 7.15. The van der Waals surface area contributed by atoms with Crippen LogP contribution in [0.3, 0.4) is 0 Å². The van der Waals surface area contributed by atoms with Gasteiger partial charge in [-0.25, -0.2) is 4.98 Å². The van der Waals surface area contributed by atoms with E-state index in [1.165, 1.54) is 24.4 Å². The van der Waals surface area contributed by atoms with Crippen LogP contribution < -0.4 is 10.2 Å². The maximum absolute atomic E-state index is 4.88. The highest BCUT2D eigenvalue weighted by atomic mass is 32.1. The monoisotopic (exact) mass is 292 g/mol. The third-order valence-corrected chi connectivity index (χ3v) is 4.59. The molecule has 5 heteroatoms. The standard InChI is InChI=1S/C15H24N4S/c1-4-7-18(11(2)3)14-13(10-16-12-5-6-12)19-8-9-20-15(19)17-14/h8-9,11-12,16H,4-7,10H2,1-3H3. The molecule has 0 radical (unpaired) electrons. The zero-order valence-electron chi connectivity index (χ0n) is 12.6. The summed E-state index contributed by atoms with van der Waals surface area (Å²) in [6.45, 7) is 8.72. The second kappa shape index (κ2) is 5.74. The summed E-state index contributed by atoms with van der Waals surface area (Å²) in [5.74, 6) is 1.17. The first-order valence-electron chi connectivity index (χ1n) is 7.65. The quantitative estimate of drug-likeness (QED) is 0.850. The maximum atomic E-state index is 4.88. The van der Waals surface area contributed by atoms with E-state index < -0.39 is 0 Å². The van der Waals surface area contributed by atoms with E-state index in [0.717, 1.165) is 30.5 Å². The summed E-state index contributed by atoms with van der Waals surface area (Å²) in [7, 11) is 0. The van der Waals surface area contributed by atoms with Crippen LogP contribution in [0, 0.1) is 0 Å². The molecule has 0 spiro atoms. The zero-order valence-corrected chi connectivity index (χ0v) is 13.4. The van der Waals surface area contributed by atoms with Gasteiger partial charge in [-0.05, 0) is 33.1 Å². The molecule has 0 atom stereocenters. The number of rotatable bonds is 7. The minimum atomic E-state index is 0.485. The van der Waals surface area contributed by atoms with E-state index in [4.69, 9.17) is 4.98 Å². The molecule has 1 N–H and O–H groups in total. The Kier molecular flexibility index (Phi) is 3.98. The van der Waals surface area contributed by atoms with E-state index in [1.54, 1.807) is 11.3 Å². The van der Waals surface area contributed by atoms with Crippen LogP contribution in [-0.4, -0.2) is 28.0 Å². The first kappa shape index (κ1) is 13.9. The highest BCUT2D eigenvalue weighted by Gasteiger charge is 2.24. The lowest BCUT2D eigenvalue weighted by Gasteiger charge is -2.27. The van der Waals surface area contributed by atoms with E-state index in [-0.39, 0.29) is 0 Å². The summed E-state index contributed by atoms with van der Waals surface area (Å²) in [5, 5.41) is 5.75. The smallest absolute Gasteiger partial charge is 0.195 e. The van der Waals surface area contributed by atoms with Crippen molar-refractivity contribution in [3.8, 4) is 0 Å². The summed E-state index contributed by atoms with van der Waals surface area (Å²) in [5.41, 5.74) is 1.32. The molecule has 0 saturated heterocycles. The van der Waals surface area contributed by atoms with E-state index in [9.17, 15) is 0 Å². The second-order valence-corrected chi connectivity index (χ2v) is 6.75. The molecule has 0 aliphatic heterocycles. The minimum absolute atomic E-state index is 0.485. The van der Waals surface area contributed by atoms with Crippen molar-refractivity contribution < 1.29 is 0 Å². The topological polar surface area (TPSA) is 32.6 Å². The molecule has 2 heterocycles. The summed E-state index contributed by atoms with van der Waals surface area (Å²) in [6.07, 6.45) is 5.94. The fraction of sp³-hybridized carbons (Fsp3) is 0.667. The van der Waals surface area contributed by atoms with Gasteiger partial charge in [0, 0.05) is 36.8 Å². The maximum Gasteiger partial charge on any atom is 0.195 e. The number of aromatic nitrogens is 2. The van der Waals surface area contributed by atoms with Crippen molar-refractivity contribution >= 4 is 22.1 Å². The zero-order chi connectivity index (χ0) is 14.1. The van der Waals surface area contributed by atoms with Crippen molar-refractivity contribution in [2.24, 2.45) is 0 Å². The lowest BCUT2D eigenvalue weighted by Crippen LogP contribution is -2.33. The molecule has 4 nitrogen and oxygen atoms in total. The van der Waals surface area contributed by atoms with Crippen LogP contribution in [0.15, 0.2) is 11.6 Å². The molecule has 1 aliphatic carbocycles. The van der Waals surface area contributed by atoms with Gasteiger partial charge in [0.25, 0.3) is 0 Å². The van der Waals surface area contributed by atoms with Crippen LogP contribution in [0.2, 0.25) is 0 Å². The molecule has 20 heavy (non-hydrogen) atoms. The molecule has 2 aromatic rings. The summed E-state index contributed by atoms with van der Waals surface area (Å²) in [6, 6.07) is 1.21. The average molecular weight is 292 g/mol. The number of hydrogen-bond donors (Lipinski definition) is 1. The van der Waals surface area contributed by atoms with Crippen molar-refractivity contribution in [3.63, 3.8) is 0 Å². The lowest BCUT2D eigenvalue weighted by molar-refractivity contribution is 0.638. The van der Waals surface area contributed by atoms with Gasteiger partial charge in [0.2, 0.25) is 0 Å². The average Bonchev–Trinajstić information content (AvgIpc) is 3.02. The number of hydrogen-bond acceptors (Lipinski definition) is 4. The Balaban J connectivity index is 1.93. The molecule has 2 aromatic heterocycles. The molecular weight excluding hydrogens is 268 g/mol. The van der Waals surface area contributed by atoms with Gasteiger partial charge in [0.1, 0.15) is 0 Å². The Morgan fingerprint density at radius 2 is 2.30 bits per heavy atom. The molecule has 0 bridgehead atoms. The molecular formula is C15H24N4S. The number of nitrogens with one attached hydrogen (secondary N) is 1. The SMILES string of the molecule is CCCN(c1nc2sccn2c1CNC1CC1)C(C)C. The van der Waals surface area contributed by atoms with Crippen LogP contribution in [0.25, 0.3) is 4.96 Å². The number of nitrogens with zero attached hydrogens (tertiary/aromatic N) is 3. The van der Waals surface area contributed by atoms with Crippen molar-refractivity contribution in [1.82, 2.24) is 14.7 Å². The first-order chi connectivity index (χ1) is 9.70. The largest absolute Gasteiger partial charge is 0.353 e. The molecule has 1 saturated carbocycles. The van der Waals surface area contributed by atoms with Gasteiger partial charge >= 0.3 is 0 Å². The predicted octanol–water partition coefficient (Wildman–Crippen LogP) is 3.27. The van der Waals surface area contributed by atoms with Crippen molar-refractivity contribution in [1.29, 1.82) is 0 Å². The molecule has 1 aliphatic rings. The first-order valence-corrected chi connectivity index (χ1v) is 8.53. The minimum Gasteiger partial charge on any atom is -0.353 e. The van der Waals surface area contributed by atoms with E-state index in [0.29, 0.717) is 6.04 Å². The van der Waals surface area contributed by atoms with Gasteiger partial charge in [-0.1, -0.05) is 6.92 Å². The Bertz CT molecular complexity index is 567. The second-order valence-electron chi connectivity index (χ2n) is 5.88. The number of fused-ring (bicyclic) bond motifs is 1. The Morgan fingerprint density at radius 3 is 2.95 bits per heavy atom. The molecule has 0 amide bonds. The highest BCUT2D eigenvalue weighted by Crippen LogP contribution is 2.27. The number of imidazole rings is 1. The van der Waals surface area contributed by atoms with Crippen molar-refractivity contribution in [3.05, 3.63) is 17.3 Å². The van der Waals surface area contributed by atoms with Crippen LogP contribution in [0.4, 0.5) is 5.82 Å². The Morgan fingerprint density at radius 1 is 1.50 bits per heavy atom. The predicted molar refractivity (Wildman–Crippen MR) is 85.7 cm³/mol. The summed E-state index contributed by atoms with van der Waals surface area (Å²) in [4.78, 5) is 8.42. The third-order valence-electron chi connectivity index (χ3n) is 3.84. The van der Waals surface area contributed by atoms with Crippen LogP contribution >= 0.6 is 11.3 Å². The van der Waals surface area contributed by atoms with Gasteiger partial charge < -0.3 is 10.2 Å². The molecule has 1 fully saturated rings. The lowest BCUT2D eigenvalue weighted by atomic mass is 10.2. The van der Waals surface area contributed by atoms with Crippen LogP contribution in [0.1, 0.15) is 45.7 Å². The number of thiazole rings is 1. The van der Waals surface area contributed by atoms with Gasteiger partial charge in [0.15, 0.2) is 10.8 Å². The van der Waals surface area contributed by atoms with E-state index in [2.05, 4.69) is 47.0 Å². The van der Waals surface area contributed by atoms with Crippen LogP contribution in [-0.2, 0) is 6.54 Å². The van der Waals surface area contributed by atoms with Gasteiger partial charge in [-0.2, -0.15) is 0 Å².